The molecule has 4 nitrogen and oxygen atoms in total. The van der Waals surface area contributed by atoms with Gasteiger partial charge in [0, 0.05) is 6.07 Å². The summed E-state index contributed by atoms with van der Waals surface area (Å²) in [5.41, 5.74) is 7.00. The van der Waals surface area contributed by atoms with Gasteiger partial charge in [-0.15, -0.1) is 4.91 Å². The lowest BCUT2D eigenvalue weighted by atomic mass is 9.93. The van der Waals surface area contributed by atoms with Gasteiger partial charge in [0.2, 0.25) is 0 Å². The number of nitrogens with two attached hydrogens (primary N) is 1. The van der Waals surface area contributed by atoms with Crippen molar-refractivity contribution in [3.05, 3.63) is 17.0 Å². The van der Waals surface area contributed by atoms with Gasteiger partial charge in [0.15, 0.2) is 0 Å². The molecule has 0 saturated carbocycles. The maximum Gasteiger partial charge on any atom is 0.142 e. The Balaban J connectivity index is 3.28. The van der Waals surface area contributed by atoms with Gasteiger partial charge < -0.3 is 10.5 Å². The quantitative estimate of drug-likeness (QED) is 0.378. The Kier molecular flexibility index (Phi) is 2.33. The van der Waals surface area contributed by atoms with Crippen LogP contribution in [0.4, 0.5) is 11.4 Å². The van der Waals surface area contributed by atoms with Crippen LogP contribution in [0.2, 0.25) is 0 Å². The summed E-state index contributed by atoms with van der Waals surface area (Å²) in [6.45, 7) is 0. The highest BCUT2D eigenvalue weighted by Crippen LogP contribution is 2.24. The number of ether oxygens (including phenoxy) is 1. The van der Waals surface area contributed by atoms with Crippen LogP contribution in [0.15, 0.2) is 17.3 Å². The molecule has 0 fully saturated rings. The number of methoxy groups -OCH3 is 1. The van der Waals surface area contributed by atoms with Gasteiger partial charge in [-0.1, -0.05) is 5.46 Å². The zero-order chi connectivity index (χ0) is 9.14. The van der Waals surface area contributed by atoms with Crippen molar-refractivity contribution < 1.29 is 4.74 Å². The molecule has 62 valence electrons. The Morgan fingerprint density at radius 1 is 1.58 bits per heavy atom. The summed E-state index contributed by atoms with van der Waals surface area (Å²) in [7, 11) is 3.33. The molecule has 0 heterocycles. The standard InChI is InChI=1S/C7H9BN2O2/c1-12-4-2-5(8)7(9)6(3-4)10-11/h2-3H,8-9H2,1H3. The van der Waals surface area contributed by atoms with E-state index in [9.17, 15) is 4.91 Å². The monoisotopic (exact) mass is 164 g/mol. The van der Waals surface area contributed by atoms with Gasteiger partial charge >= 0.3 is 0 Å². The van der Waals surface area contributed by atoms with Gasteiger partial charge in [0.25, 0.3) is 0 Å². The highest BCUT2D eigenvalue weighted by molar-refractivity contribution is 6.36. The Labute approximate surface area is 71.1 Å². The fourth-order valence-electron chi connectivity index (χ4n) is 0.941. The molecule has 12 heavy (non-hydrogen) atoms. The Hall–Kier alpha value is -1.52. The molecule has 0 aliphatic heterocycles. The van der Waals surface area contributed by atoms with Crippen LogP contribution in [0, 0.1) is 4.91 Å². The van der Waals surface area contributed by atoms with Gasteiger partial charge in [0.05, 0.1) is 12.8 Å². The van der Waals surface area contributed by atoms with Crippen molar-refractivity contribution in [2.75, 3.05) is 12.8 Å². The average Bonchev–Trinajstić information content (AvgIpc) is 2.09. The van der Waals surface area contributed by atoms with E-state index in [1.54, 1.807) is 13.9 Å². The van der Waals surface area contributed by atoms with Crippen LogP contribution >= 0.6 is 0 Å². The van der Waals surface area contributed by atoms with Gasteiger partial charge in [0.1, 0.15) is 19.3 Å². The summed E-state index contributed by atoms with van der Waals surface area (Å²) < 4.78 is 4.94. The predicted octanol–water partition coefficient (Wildman–Crippen LogP) is -0.0663. The highest BCUT2D eigenvalue weighted by atomic mass is 16.5. The number of nitroso groups, excluding NO2 is 1. The van der Waals surface area contributed by atoms with Gasteiger partial charge in [-0.3, -0.25) is 0 Å². The minimum absolute atomic E-state index is 0.229. The summed E-state index contributed by atoms with van der Waals surface area (Å²) in [6, 6.07) is 3.26. The normalized spacial score (nSPS) is 9.42. The average molecular weight is 164 g/mol. The first-order chi connectivity index (χ1) is 5.69. The molecule has 2 N–H and O–H groups in total. The van der Waals surface area contributed by atoms with Crippen molar-refractivity contribution in [1.82, 2.24) is 0 Å². The van der Waals surface area contributed by atoms with Crippen molar-refractivity contribution in [2.45, 2.75) is 0 Å². The van der Waals surface area contributed by atoms with Crippen molar-refractivity contribution in [1.29, 1.82) is 0 Å². The van der Waals surface area contributed by atoms with E-state index in [1.807, 2.05) is 0 Å². The highest BCUT2D eigenvalue weighted by Gasteiger charge is 2.04. The van der Waals surface area contributed by atoms with Crippen molar-refractivity contribution >= 4 is 24.7 Å². The minimum atomic E-state index is 0.229. The summed E-state index contributed by atoms with van der Waals surface area (Å²) >= 11 is 0. The van der Waals surface area contributed by atoms with Crippen molar-refractivity contribution in [3.63, 3.8) is 0 Å². The topological polar surface area (TPSA) is 64.7 Å². The van der Waals surface area contributed by atoms with Crippen LogP contribution < -0.4 is 15.9 Å². The number of hydrogen-bond acceptors (Lipinski definition) is 4. The van der Waals surface area contributed by atoms with E-state index >= 15 is 0 Å². The van der Waals surface area contributed by atoms with Gasteiger partial charge in [-0.25, -0.2) is 0 Å². The Morgan fingerprint density at radius 3 is 2.75 bits per heavy atom. The van der Waals surface area contributed by atoms with Crippen LogP contribution in [-0.2, 0) is 0 Å². The summed E-state index contributed by atoms with van der Waals surface area (Å²) in [4.78, 5) is 10.3. The smallest absolute Gasteiger partial charge is 0.142 e. The number of nitrogen functional groups attached to an aromatic ring is 1. The van der Waals surface area contributed by atoms with Crippen LogP contribution in [0.5, 0.6) is 5.75 Å². The molecule has 1 aromatic carbocycles. The fourth-order valence-corrected chi connectivity index (χ4v) is 0.941. The van der Waals surface area contributed by atoms with Crippen LogP contribution in [0.1, 0.15) is 0 Å². The van der Waals surface area contributed by atoms with E-state index in [-0.39, 0.29) is 5.69 Å². The second kappa shape index (κ2) is 3.25. The molecule has 1 rings (SSSR count). The van der Waals surface area contributed by atoms with E-state index in [0.717, 1.165) is 5.46 Å². The molecule has 5 heteroatoms. The first-order valence-corrected chi connectivity index (χ1v) is 3.46. The molecule has 0 saturated heterocycles. The molecule has 0 radical (unpaired) electrons. The van der Waals surface area contributed by atoms with Gasteiger partial charge in [-0.05, 0) is 11.2 Å². The lowest BCUT2D eigenvalue weighted by Crippen LogP contribution is -2.09. The second-order valence-corrected chi connectivity index (χ2v) is 2.47. The third-order valence-electron chi connectivity index (χ3n) is 1.67. The van der Waals surface area contributed by atoms with Crippen LogP contribution in [-0.4, -0.2) is 15.0 Å². The van der Waals surface area contributed by atoms with Crippen LogP contribution in [0.3, 0.4) is 0 Å². The summed E-state index contributed by atoms with van der Waals surface area (Å²) in [6.07, 6.45) is 0. The maximum atomic E-state index is 10.3. The Morgan fingerprint density at radius 2 is 2.25 bits per heavy atom. The molecule has 1 aromatic rings. The molecule has 0 unspecified atom stereocenters. The molecule has 0 aliphatic carbocycles. The number of rotatable bonds is 2. The molecular weight excluding hydrogens is 155 g/mol. The van der Waals surface area contributed by atoms with E-state index < -0.39 is 0 Å². The maximum absolute atomic E-state index is 10.3. The zero-order valence-electron chi connectivity index (χ0n) is 7.00. The van der Waals surface area contributed by atoms with Crippen molar-refractivity contribution in [3.8, 4) is 5.75 Å². The number of hydrogen-bond donors (Lipinski definition) is 1. The third-order valence-corrected chi connectivity index (χ3v) is 1.67. The van der Waals surface area contributed by atoms with E-state index in [0.29, 0.717) is 11.4 Å². The molecular formula is C7H9BN2O2. The summed E-state index contributed by atoms with van der Waals surface area (Å²) in [5.74, 6) is 0.594. The van der Waals surface area contributed by atoms with Crippen molar-refractivity contribution in [2.24, 2.45) is 5.18 Å². The fraction of sp³-hybridized carbons (Fsp3) is 0.143. The van der Waals surface area contributed by atoms with Crippen LogP contribution in [0.25, 0.3) is 0 Å². The molecule has 0 bridgehead atoms. The molecule has 0 spiro atoms. The predicted molar refractivity (Wildman–Crippen MR) is 51.0 cm³/mol. The number of benzene rings is 1. The lowest BCUT2D eigenvalue weighted by molar-refractivity contribution is 0.415. The molecule has 0 aliphatic rings. The second-order valence-electron chi connectivity index (χ2n) is 2.47. The van der Waals surface area contributed by atoms with E-state index in [2.05, 4.69) is 5.18 Å². The molecule has 0 atom stereocenters. The third kappa shape index (κ3) is 1.39. The molecule has 0 amide bonds. The van der Waals surface area contributed by atoms with E-state index in [1.165, 1.54) is 13.2 Å². The zero-order valence-corrected chi connectivity index (χ0v) is 7.00. The number of nitrogens with zero attached hydrogens (tertiary/aromatic N) is 1. The minimum Gasteiger partial charge on any atom is -0.497 e. The Bertz CT molecular complexity index is 315. The number of anilines is 1. The first-order valence-electron chi connectivity index (χ1n) is 3.46. The first kappa shape index (κ1) is 8.58. The van der Waals surface area contributed by atoms with Gasteiger partial charge in [-0.2, -0.15) is 0 Å². The summed E-state index contributed by atoms with van der Waals surface area (Å²) in [5, 5.41) is 2.78. The molecule has 0 aromatic heterocycles. The van der Waals surface area contributed by atoms with E-state index in [4.69, 9.17) is 10.5 Å². The largest absolute Gasteiger partial charge is 0.497 e. The SMILES string of the molecule is Bc1cc(OC)cc(N=O)c1N. The lowest BCUT2D eigenvalue weighted by Gasteiger charge is -2.05.